The molecule has 0 bridgehead atoms. The summed E-state index contributed by atoms with van der Waals surface area (Å²) >= 11 is 0. The molecule has 5 heteroatoms. The lowest BCUT2D eigenvalue weighted by atomic mass is 9.91. The molecule has 1 fully saturated rings. The molecule has 1 atom stereocenters. The van der Waals surface area contributed by atoms with Gasteiger partial charge in [-0.25, -0.2) is 0 Å². The molecular weight excluding hydrogens is 288 g/mol. The van der Waals surface area contributed by atoms with E-state index in [9.17, 15) is 4.79 Å². The van der Waals surface area contributed by atoms with Crippen molar-refractivity contribution in [2.75, 3.05) is 6.54 Å². The summed E-state index contributed by atoms with van der Waals surface area (Å²) in [5.41, 5.74) is 3.55. The van der Waals surface area contributed by atoms with Gasteiger partial charge in [-0.2, -0.15) is 5.10 Å². The monoisotopic (exact) mass is 314 g/mol. The molecule has 1 saturated heterocycles. The van der Waals surface area contributed by atoms with Crippen molar-refractivity contribution < 1.29 is 0 Å². The third-order valence-corrected chi connectivity index (χ3v) is 5.63. The molecule has 0 unspecified atom stereocenters. The Hall–Kier alpha value is -1.62. The molecule has 1 aliphatic heterocycles. The van der Waals surface area contributed by atoms with Crippen molar-refractivity contribution in [3.05, 3.63) is 27.7 Å². The fourth-order valence-electron chi connectivity index (χ4n) is 4.54. The molecule has 2 aromatic rings. The van der Waals surface area contributed by atoms with Crippen LogP contribution in [0.1, 0.15) is 56.8 Å². The average Bonchev–Trinajstić information content (AvgIpc) is 3.16. The number of likely N-dealkylation sites (tertiary alicyclic amines) is 1. The molecule has 23 heavy (non-hydrogen) atoms. The number of rotatable bonds is 2. The largest absolute Gasteiger partial charge is 0.281 e. The lowest BCUT2D eigenvalue weighted by Gasteiger charge is -2.31. The van der Waals surface area contributed by atoms with E-state index < -0.39 is 0 Å². The van der Waals surface area contributed by atoms with E-state index in [1.807, 2.05) is 17.9 Å². The van der Waals surface area contributed by atoms with Gasteiger partial charge in [0.05, 0.1) is 12.4 Å². The summed E-state index contributed by atoms with van der Waals surface area (Å²) in [5, 5.41) is 5.68. The second-order valence-corrected chi connectivity index (χ2v) is 7.30. The van der Waals surface area contributed by atoms with Gasteiger partial charge in [-0.1, -0.05) is 0 Å². The van der Waals surface area contributed by atoms with Crippen LogP contribution in [0.3, 0.4) is 0 Å². The summed E-state index contributed by atoms with van der Waals surface area (Å²) in [7, 11) is 1.96. The minimum atomic E-state index is 0.174. The number of aryl methyl sites for hydroxylation is 2. The van der Waals surface area contributed by atoms with E-state index in [0.29, 0.717) is 6.04 Å². The fraction of sp³-hybridized carbons (Fsp3) is 0.667. The van der Waals surface area contributed by atoms with Crippen LogP contribution in [0.15, 0.2) is 11.0 Å². The van der Waals surface area contributed by atoms with Crippen LogP contribution in [0.2, 0.25) is 0 Å². The predicted octanol–water partition coefficient (Wildman–Crippen LogP) is 2.62. The molecule has 0 amide bonds. The molecule has 1 aliphatic carbocycles. The highest BCUT2D eigenvalue weighted by atomic mass is 16.1. The quantitative estimate of drug-likeness (QED) is 0.856. The van der Waals surface area contributed by atoms with Gasteiger partial charge in [0.2, 0.25) is 0 Å². The smallest absolute Gasteiger partial charge is 0.257 e. The zero-order chi connectivity index (χ0) is 16.1. The van der Waals surface area contributed by atoms with Gasteiger partial charge >= 0.3 is 0 Å². The van der Waals surface area contributed by atoms with Crippen LogP contribution in [-0.2, 0) is 19.9 Å². The predicted molar refractivity (Wildman–Crippen MR) is 91.7 cm³/mol. The van der Waals surface area contributed by atoms with Crippen molar-refractivity contribution in [2.24, 2.45) is 7.05 Å². The normalized spacial score (nSPS) is 22.2. The third-order valence-electron chi connectivity index (χ3n) is 5.63. The molecule has 2 aliphatic rings. The van der Waals surface area contributed by atoms with Gasteiger partial charge in [-0.05, 0) is 57.9 Å². The topological polar surface area (TPSA) is 43.1 Å². The number of nitrogens with zero attached hydrogens (tertiary/aromatic N) is 4. The zero-order valence-corrected chi connectivity index (χ0v) is 14.4. The Balaban J connectivity index is 2.01. The lowest BCUT2D eigenvalue weighted by Crippen LogP contribution is -2.40. The first kappa shape index (κ1) is 14.9. The van der Waals surface area contributed by atoms with Crippen molar-refractivity contribution in [1.82, 2.24) is 19.2 Å². The Morgan fingerprint density at radius 2 is 1.91 bits per heavy atom. The molecule has 0 N–H and O–H groups in total. The minimum Gasteiger partial charge on any atom is -0.281 e. The molecule has 0 aromatic carbocycles. The Kier molecular flexibility index (Phi) is 3.56. The Bertz CT molecular complexity index is 801. The average molecular weight is 314 g/mol. The standard InChI is InChI=1S/C18H26N4O/c1-12(2)21-10-6-9-16(21)22-17-15(11-19-20(17)3)13-7-4-5-8-14(13)18(22)23/h11-12,16H,4-10H2,1-3H3/t16-/m0/s1. The summed E-state index contributed by atoms with van der Waals surface area (Å²) in [6.45, 7) is 5.52. The van der Waals surface area contributed by atoms with E-state index in [0.717, 1.165) is 49.9 Å². The van der Waals surface area contributed by atoms with Crippen molar-refractivity contribution in [1.29, 1.82) is 0 Å². The van der Waals surface area contributed by atoms with Gasteiger partial charge in [0.25, 0.3) is 5.56 Å². The molecule has 5 nitrogen and oxygen atoms in total. The fourth-order valence-corrected chi connectivity index (χ4v) is 4.54. The maximum absolute atomic E-state index is 13.3. The molecule has 3 heterocycles. The minimum absolute atomic E-state index is 0.174. The Labute approximate surface area is 136 Å². The molecule has 2 aromatic heterocycles. The van der Waals surface area contributed by atoms with E-state index >= 15 is 0 Å². The van der Waals surface area contributed by atoms with Gasteiger partial charge in [0, 0.05) is 30.6 Å². The van der Waals surface area contributed by atoms with Crippen molar-refractivity contribution >= 4 is 11.0 Å². The third kappa shape index (κ3) is 2.17. The molecule has 4 rings (SSSR count). The maximum Gasteiger partial charge on any atom is 0.257 e. The van der Waals surface area contributed by atoms with E-state index in [1.54, 1.807) is 0 Å². The first-order valence-electron chi connectivity index (χ1n) is 8.93. The number of hydrogen-bond acceptors (Lipinski definition) is 3. The summed E-state index contributed by atoms with van der Waals surface area (Å²) in [6.07, 6.45) is 8.61. The number of hydrogen-bond donors (Lipinski definition) is 0. The van der Waals surface area contributed by atoms with Crippen LogP contribution < -0.4 is 5.56 Å². The van der Waals surface area contributed by atoms with Gasteiger partial charge in [-0.3, -0.25) is 18.9 Å². The first-order chi connectivity index (χ1) is 11.1. The highest BCUT2D eigenvalue weighted by Gasteiger charge is 2.32. The van der Waals surface area contributed by atoms with Crippen molar-refractivity contribution in [2.45, 2.75) is 64.6 Å². The van der Waals surface area contributed by atoms with Gasteiger partial charge < -0.3 is 0 Å². The van der Waals surface area contributed by atoms with E-state index in [-0.39, 0.29) is 11.7 Å². The molecule has 124 valence electrons. The van der Waals surface area contributed by atoms with Crippen LogP contribution in [0.5, 0.6) is 0 Å². The zero-order valence-electron chi connectivity index (χ0n) is 14.4. The van der Waals surface area contributed by atoms with Crippen LogP contribution in [0, 0.1) is 0 Å². The summed E-state index contributed by atoms with van der Waals surface area (Å²) < 4.78 is 3.95. The summed E-state index contributed by atoms with van der Waals surface area (Å²) in [5.74, 6) is 0. The van der Waals surface area contributed by atoms with E-state index in [2.05, 4.69) is 28.4 Å². The van der Waals surface area contributed by atoms with Crippen LogP contribution >= 0.6 is 0 Å². The number of pyridine rings is 1. The van der Waals surface area contributed by atoms with Gasteiger partial charge in [0.1, 0.15) is 5.65 Å². The highest BCUT2D eigenvalue weighted by molar-refractivity contribution is 5.80. The van der Waals surface area contributed by atoms with E-state index in [4.69, 9.17) is 0 Å². The van der Waals surface area contributed by atoms with Crippen molar-refractivity contribution in [3.63, 3.8) is 0 Å². The second-order valence-electron chi connectivity index (χ2n) is 7.30. The molecule has 0 spiro atoms. The molecule has 0 radical (unpaired) electrons. The van der Waals surface area contributed by atoms with Crippen LogP contribution in [0.25, 0.3) is 11.0 Å². The highest BCUT2D eigenvalue weighted by Crippen LogP contribution is 2.33. The number of aromatic nitrogens is 3. The summed E-state index contributed by atoms with van der Waals surface area (Å²) in [4.78, 5) is 15.8. The van der Waals surface area contributed by atoms with E-state index in [1.165, 1.54) is 17.4 Å². The molecular formula is C18H26N4O. The van der Waals surface area contributed by atoms with Crippen LogP contribution in [0.4, 0.5) is 0 Å². The lowest BCUT2D eigenvalue weighted by molar-refractivity contribution is 0.151. The Morgan fingerprint density at radius 3 is 2.65 bits per heavy atom. The maximum atomic E-state index is 13.3. The first-order valence-corrected chi connectivity index (χ1v) is 8.93. The van der Waals surface area contributed by atoms with Crippen molar-refractivity contribution in [3.8, 4) is 0 Å². The second kappa shape index (κ2) is 5.48. The Morgan fingerprint density at radius 1 is 1.17 bits per heavy atom. The van der Waals surface area contributed by atoms with Gasteiger partial charge in [0.15, 0.2) is 0 Å². The number of fused-ring (bicyclic) bond motifs is 3. The van der Waals surface area contributed by atoms with Gasteiger partial charge in [-0.15, -0.1) is 0 Å². The SMILES string of the molecule is CC(C)N1CCC[C@@H]1n1c(=O)c2c(c3cnn(C)c31)CCCC2. The summed E-state index contributed by atoms with van der Waals surface area (Å²) in [6, 6.07) is 0.453. The molecule has 0 saturated carbocycles. The van der Waals surface area contributed by atoms with Crippen LogP contribution in [-0.4, -0.2) is 31.8 Å².